The highest BCUT2D eigenvalue weighted by atomic mass is 127. The summed E-state index contributed by atoms with van der Waals surface area (Å²) in [6.07, 6.45) is 4.67. The zero-order valence-electron chi connectivity index (χ0n) is 24.5. The van der Waals surface area contributed by atoms with Crippen molar-refractivity contribution in [2.24, 2.45) is 7.05 Å². The van der Waals surface area contributed by atoms with Crippen LogP contribution in [0.1, 0.15) is 57.6 Å². The molecule has 0 radical (unpaired) electrons. The van der Waals surface area contributed by atoms with E-state index in [1.807, 2.05) is 22.6 Å². The van der Waals surface area contributed by atoms with Crippen LogP contribution in [0.4, 0.5) is 21.6 Å². The van der Waals surface area contributed by atoms with E-state index in [1.54, 1.807) is 37.3 Å². The van der Waals surface area contributed by atoms with Crippen LogP contribution in [0.2, 0.25) is 0 Å². The molecule has 43 heavy (non-hydrogen) atoms. The van der Waals surface area contributed by atoms with Gasteiger partial charge >= 0.3 is 5.69 Å². The maximum atomic E-state index is 14.8. The monoisotopic (exact) mass is 703 g/mol. The molecule has 2 aromatic heterocycles. The lowest BCUT2D eigenvalue weighted by Gasteiger charge is -2.21. The second-order valence-electron chi connectivity index (χ2n) is 10.5. The number of pyridine rings is 1. The van der Waals surface area contributed by atoms with Gasteiger partial charge in [-0.1, -0.05) is 25.8 Å². The van der Waals surface area contributed by atoms with Gasteiger partial charge in [0.2, 0.25) is 5.91 Å². The van der Waals surface area contributed by atoms with E-state index < -0.39 is 22.6 Å². The molecular weight excluding hydrogens is 668 g/mol. The van der Waals surface area contributed by atoms with Crippen LogP contribution in [0.25, 0.3) is 16.6 Å². The Morgan fingerprint density at radius 1 is 1.09 bits per heavy atom. The third-order valence-corrected chi connectivity index (χ3v) is 7.80. The summed E-state index contributed by atoms with van der Waals surface area (Å²) in [7, 11) is 1.50. The number of amides is 1. The number of nitrogens with zero attached hydrogens (tertiary/aromatic N) is 3. The average molecular weight is 704 g/mol. The second kappa shape index (κ2) is 13.7. The van der Waals surface area contributed by atoms with E-state index in [0.717, 1.165) is 12.8 Å². The standard InChI is InChI=1S/C26H23FIN5O4.C5H12O/c1-13-22-21(23(31(3)24(13)35)30-20-10-7-15(28)11-19(20)27)25(36)33(17-8-9-17)26(37)32(22)18-6-4-5-16(12-18)29-14(2)34;1-2-3-4-5-6/h4-7,10-12,17,30H,8-9H2,1-3H3,(H,29,34);6H,2-5H2,1H3. The quantitative estimate of drug-likeness (QED) is 0.173. The van der Waals surface area contributed by atoms with Crippen molar-refractivity contribution in [1.29, 1.82) is 0 Å². The lowest BCUT2D eigenvalue weighted by molar-refractivity contribution is -0.114. The molecular formula is C31H35FIN5O5. The number of nitrogens with one attached hydrogen (secondary N) is 2. The first-order chi connectivity index (χ1) is 20.5. The van der Waals surface area contributed by atoms with Crippen molar-refractivity contribution < 1.29 is 14.3 Å². The SMILES string of the molecule is CC(=O)Nc1cccc(-n2c(=O)n(C3CC3)c(=O)c3c(Nc4ccc(I)cc4F)n(C)c(=O)c(C)c32)c1.CCCCCO. The summed E-state index contributed by atoms with van der Waals surface area (Å²) in [5, 5.41) is 13.9. The molecule has 0 atom stereocenters. The lowest BCUT2D eigenvalue weighted by Crippen LogP contribution is -2.41. The molecule has 4 aromatic rings. The van der Waals surface area contributed by atoms with Crippen molar-refractivity contribution in [2.45, 2.75) is 58.9 Å². The van der Waals surface area contributed by atoms with Crippen LogP contribution in [0.5, 0.6) is 0 Å². The molecule has 1 amide bonds. The first-order valence-electron chi connectivity index (χ1n) is 14.1. The fourth-order valence-corrected chi connectivity index (χ4v) is 5.31. The van der Waals surface area contributed by atoms with Crippen LogP contribution in [0, 0.1) is 16.3 Å². The average Bonchev–Trinajstić information content (AvgIpc) is 3.79. The molecule has 0 saturated heterocycles. The number of aliphatic hydroxyl groups excluding tert-OH is 1. The number of carbonyl (C=O) groups is 1. The van der Waals surface area contributed by atoms with Gasteiger partial charge in [0.15, 0.2) is 0 Å². The Labute approximate surface area is 261 Å². The number of aromatic nitrogens is 3. The number of carbonyl (C=O) groups excluding carboxylic acids is 1. The van der Waals surface area contributed by atoms with E-state index in [1.165, 1.54) is 46.2 Å². The molecule has 2 heterocycles. The predicted octanol–water partition coefficient (Wildman–Crippen LogP) is 5.11. The molecule has 0 spiro atoms. The van der Waals surface area contributed by atoms with Crippen LogP contribution in [0.3, 0.4) is 0 Å². The molecule has 1 aliphatic rings. The largest absolute Gasteiger partial charge is 0.396 e. The smallest absolute Gasteiger partial charge is 0.336 e. The van der Waals surface area contributed by atoms with Gasteiger partial charge < -0.3 is 15.7 Å². The molecule has 10 nitrogen and oxygen atoms in total. The number of benzene rings is 2. The molecule has 228 valence electrons. The molecule has 0 aliphatic heterocycles. The first-order valence-corrected chi connectivity index (χ1v) is 15.2. The molecule has 12 heteroatoms. The minimum absolute atomic E-state index is 0.0804. The van der Waals surface area contributed by atoms with E-state index in [-0.39, 0.29) is 39.9 Å². The number of halogens is 2. The highest BCUT2D eigenvalue weighted by molar-refractivity contribution is 14.1. The van der Waals surface area contributed by atoms with E-state index in [2.05, 4.69) is 17.6 Å². The number of unbranched alkanes of at least 4 members (excludes halogenated alkanes) is 2. The van der Waals surface area contributed by atoms with Gasteiger partial charge in [0.25, 0.3) is 11.1 Å². The van der Waals surface area contributed by atoms with E-state index in [0.29, 0.717) is 34.4 Å². The van der Waals surface area contributed by atoms with Crippen molar-refractivity contribution in [1.82, 2.24) is 13.7 Å². The zero-order valence-corrected chi connectivity index (χ0v) is 26.7. The minimum atomic E-state index is -0.581. The molecule has 2 aromatic carbocycles. The van der Waals surface area contributed by atoms with Crippen LogP contribution < -0.4 is 27.4 Å². The Bertz CT molecular complexity index is 1860. The van der Waals surface area contributed by atoms with Crippen molar-refractivity contribution in [2.75, 3.05) is 17.2 Å². The Morgan fingerprint density at radius 2 is 1.81 bits per heavy atom. The number of fused-ring (bicyclic) bond motifs is 1. The van der Waals surface area contributed by atoms with Crippen molar-refractivity contribution in [3.05, 3.63) is 88.6 Å². The third kappa shape index (κ3) is 6.90. The summed E-state index contributed by atoms with van der Waals surface area (Å²) < 4.78 is 19.3. The summed E-state index contributed by atoms with van der Waals surface area (Å²) >= 11 is 1.99. The second-order valence-corrected chi connectivity index (χ2v) is 11.7. The van der Waals surface area contributed by atoms with Crippen LogP contribution in [-0.2, 0) is 11.8 Å². The third-order valence-electron chi connectivity index (χ3n) is 7.13. The molecule has 1 fully saturated rings. The molecule has 3 N–H and O–H groups in total. The number of rotatable bonds is 8. The van der Waals surface area contributed by atoms with Gasteiger partial charge in [-0.25, -0.2) is 9.18 Å². The molecule has 1 saturated carbocycles. The maximum absolute atomic E-state index is 14.8. The van der Waals surface area contributed by atoms with E-state index in [4.69, 9.17) is 5.11 Å². The zero-order chi connectivity index (χ0) is 31.4. The normalized spacial score (nSPS) is 12.5. The molecule has 5 rings (SSSR count). The Hall–Kier alpha value is -3.78. The Morgan fingerprint density at radius 3 is 2.40 bits per heavy atom. The summed E-state index contributed by atoms with van der Waals surface area (Å²) in [6.45, 7) is 5.40. The lowest BCUT2D eigenvalue weighted by atomic mass is 10.1. The highest BCUT2D eigenvalue weighted by Crippen LogP contribution is 2.34. The molecule has 0 unspecified atom stereocenters. The number of hydrogen-bond acceptors (Lipinski definition) is 6. The van der Waals surface area contributed by atoms with Gasteiger partial charge in [-0.05, 0) is 85.2 Å². The number of aliphatic hydroxyl groups is 1. The van der Waals surface area contributed by atoms with E-state index >= 15 is 0 Å². The minimum Gasteiger partial charge on any atom is -0.396 e. The first kappa shape index (κ1) is 32.1. The van der Waals surface area contributed by atoms with Gasteiger partial charge in [-0.3, -0.25) is 28.1 Å². The Kier molecular flexibility index (Phi) is 10.2. The van der Waals surface area contributed by atoms with Crippen molar-refractivity contribution in [3.63, 3.8) is 0 Å². The van der Waals surface area contributed by atoms with Crippen LogP contribution in [-0.4, -0.2) is 31.3 Å². The summed E-state index contributed by atoms with van der Waals surface area (Å²) in [6, 6.07) is 10.9. The van der Waals surface area contributed by atoms with Crippen molar-refractivity contribution in [3.8, 4) is 5.69 Å². The number of anilines is 3. The highest BCUT2D eigenvalue weighted by Gasteiger charge is 2.31. The summed E-state index contributed by atoms with van der Waals surface area (Å²) in [5.41, 5.74) is -0.351. The van der Waals surface area contributed by atoms with E-state index in [9.17, 15) is 23.6 Å². The van der Waals surface area contributed by atoms with Gasteiger partial charge in [-0.15, -0.1) is 0 Å². The number of aryl methyl sites for hydroxylation is 1. The van der Waals surface area contributed by atoms with Crippen LogP contribution in [0.15, 0.2) is 56.8 Å². The van der Waals surface area contributed by atoms with Crippen LogP contribution >= 0.6 is 22.6 Å². The maximum Gasteiger partial charge on any atom is 0.336 e. The van der Waals surface area contributed by atoms with Gasteiger partial charge in [0, 0.05) is 41.4 Å². The topological polar surface area (TPSA) is 127 Å². The molecule has 0 bridgehead atoms. The van der Waals surface area contributed by atoms with Gasteiger partial charge in [0.05, 0.1) is 16.9 Å². The predicted molar refractivity (Wildman–Crippen MR) is 175 cm³/mol. The van der Waals surface area contributed by atoms with Crippen molar-refractivity contribution >= 4 is 56.6 Å². The fraction of sp³-hybridized carbons (Fsp3) is 0.355. The summed E-state index contributed by atoms with van der Waals surface area (Å²) in [4.78, 5) is 52.6. The number of hydrogen-bond donors (Lipinski definition) is 3. The summed E-state index contributed by atoms with van der Waals surface area (Å²) in [5.74, 6) is -0.753. The van der Waals surface area contributed by atoms with Gasteiger partial charge in [-0.2, -0.15) is 0 Å². The fourth-order valence-electron chi connectivity index (χ4n) is 4.86. The Balaban J connectivity index is 0.000000641. The van der Waals surface area contributed by atoms with Gasteiger partial charge in [0.1, 0.15) is 17.0 Å². The molecule has 1 aliphatic carbocycles.